The average Bonchev–Trinajstić information content (AvgIpc) is 3.06. The number of unbranched alkanes of at least 4 members (excludes halogenated alkanes) is 17. The van der Waals surface area contributed by atoms with Crippen LogP contribution in [-0.4, -0.2) is 88.4 Å². The Morgan fingerprint density at radius 2 is 1.15 bits per heavy atom. The molecular weight excluding hydrogens is 620 g/mol. The third-order valence-electron chi connectivity index (χ3n) is 8.60. The van der Waals surface area contributed by atoms with Crippen LogP contribution in [0, 0.1) is 0 Å². The number of aliphatic carboxylic acids is 1. The van der Waals surface area contributed by atoms with E-state index in [-0.39, 0.29) is 26.1 Å². The number of aliphatic hydroxyl groups excluding tert-OH is 3. The first-order chi connectivity index (χ1) is 23.2. The van der Waals surface area contributed by atoms with Gasteiger partial charge in [-0.3, -0.25) is 9.59 Å². The second-order valence-corrected chi connectivity index (χ2v) is 13.1. The van der Waals surface area contributed by atoms with Gasteiger partial charge in [-0.15, -0.1) is 0 Å². The topological polar surface area (TPSA) is 169 Å². The van der Waals surface area contributed by atoms with E-state index in [1.807, 2.05) is 0 Å². The van der Waals surface area contributed by atoms with Crippen molar-refractivity contribution in [2.45, 2.75) is 192 Å². The van der Waals surface area contributed by atoms with Crippen molar-refractivity contribution in [3.63, 3.8) is 0 Å². The fourth-order valence-corrected chi connectivity index (χ4v) is 5.59. The second-order valence-electron chi connectivity index (χ2n) is 13.1. The highest BCUT2D eigenvalue weighted by Crippen LogP contribution is 2.23. The van der Waals surface area contributed by atoms with Gasteiger partial charge in [0.05, 0.1) is 6.61 Å². The molecule has 4 N–H and O–H groups in total. The zero-order chi connectivity index (χ0) is 35.4. The molecule has 1 aliphatic rings. The van der Waals surface area contributed by atoms with Crippen molar-refractivity contribution >= 4 is 17.9 Å². The van der Waals surface area contributed by atoms with E-state index in [1.165, 1.54) is 51.4 Å². The summed E-state index contributed by atoms with van der Waals surface area (Å²) in [5, 5.41) is 39.6. The van der Waals surface area contributed by atoms with Gasteiger partial charge in [-0.1, -0.05) is 122 Å². The predicted octanol–water partition coefficient (Wildman–Crippen LogP) is 6.53. The van der Waals surface area contributed by atoms with E-state index in [0.717, 1.165) is 64.2 Å². The minimum absolute atomic E-state index is 0.185. The number of hydrogen-bond acceptors (Lipinski definition) is 10. The number of hydrogen-bond donors (Lipinski definition) is 4. The summed E-state index contributed by atoms with van der Waals surface area (Å²) < 4.78 is 21.6. The van der Waals surface area contributed by atoms with Gasteiger partial charge in [0.1, 0.15) is 24.9 Å². The summed E-state index contributed by atoms with van der Waals surface area (Å²) in [7, 11) is 0. The molecule has 0 bridgehead atoms. The van der Waals surface area contributed by atoms with Crippen molar-refractivity contribution in [1.82, 2.24) is 0 Å². The Morgan fingerprint density at radius 1 is 0.625 bits per heavy atom. The van der Waals surface area contributed by atoms with Gasteiger partial charge < -0.3 is 39.4 Å². The molecule has 1 saturated heterocycles. The number of esters is 2. The van der Waals surface area contributed by atoms with Crippen LogP contribution < -0.4 is 0 Å². The molecule has 0 aliphatic carbocycles. The Hall–Kier alpha value is -2.05. The zero-order valence-electron chi connectivity index (χ0n) is 29.7. The lowest BCUT2D eigenvalue weighted by Crippen LogP contribution is -2.60. The summed E-state index contributed by atoms with van der Waals surface area (Å²) in [4.78, 5) is 36.5. The van der Waals surface area contributed by atoms with Crippen molar-refractivity contribution in [1.29, 1.82) is 0 Å². The maximum Gasteiger partial charge on any atom is 0.335 e. The maximum atomic E-state index is 12.6. The van der Waals surface area contributed by atoms with Crippen molar-refractivity contribution in [3.05, 3.63) is 12.2 Å². The quantitative estimate of drug-likeness (QED) is 0.0368. The lowest BCUT2D eigenvalue weighted by Gasteiger charge is -2.38. The summed E-state index contributed by atoms with van der Waals surface area (Å²) in [6, 6.07) is 0. The van der Waals surface area contributed by atoms with E-state index in [9.17, 15) is 34.8 Å². The summed E-state index contributed by atoms with van der Waals surface area (Å²) in [6.07, 6.45) is 17.1. The molecule has 11 nitrogen and oxygen atoms in total. The van der Waals surface area contributed by atoms with Gasteiger partial charge in [-0.2, -0.15) is 0 Å². The summed E-state index contributed by atoms with van der Waals surface area (Å²) in [5.41, 5.74) is 0. The first-order valence-electron chi connectivity index (χ1n) is 18.7. The Bertz CT molecular complexity index is 864. The fourth-order valence-electron chi connectivity index (χ4n) is 5.59. The van der Waals surface area contributed by atoms with Crippen LogP contribution >= 0.6 is 0 Å². The summed E-state index contributed by atoms with van der Waals surface area (Å²) >= 11 is 0. The van der Waals surface area contributed by atoms with Crippen LogP contribution in [0.2, 0.25) is 0 Å². The van der Waals surface area contributed by atoms with Crippen molar-refractivity contribution < 1.29 is 53.8 Å². The van der Waals surface area contributed by atoms with Gasteiger partial charge in [0.2, 0.25) is 0 Å². The monoisotopic (exact) mass is 686 g/mol. The molecule has 1 heterocycles. The van der Waals surface area contributed by atoms with Crippen molar-refractivity contribution in [2.75, 3.05) is 13.2 Å². The highest BCUT2D eigenvalue weighted by Gasteiger charge is 2.47. The minimum Gasteiger partial charge on any atom is -0.479 e. The molecule has 1 rings (SSSR count). The van der Waals surface area contributed by atoms with Crippen molar-refractivity contribution in [3.8, 4) is 0 Å². The number of carbonyl (C=O) groups is 3. The SMILES string of the molecule is CCC/C=C\CCCCCCCC(=O)OCC(COC1OC(C(=O)O)C(O)C(O)C1O)OC(=O)CCCCCCCCCCCCCC. The summed E-state index contributed by atoms with van der Waals surface area (Å²) in [5.74, 6) is -2.46. The van der Waals surface area contributed by atoms with E-state index in [2.05, 4.69) is 26.0 Å². The molecular formula is C37H66O11. The number of ether oxygens (including phenoxy) is 4. The lowest BCUT2D eigenvalue weighted by molar-refractivity contribution is -0.298. The summed E-state index contributed by atoms with van der Waals surface area (Å²) in [6.45, 7) is 3.71. The first kappa shape index (κ1) is 44.0. The molecule has 48 heavy (non-hydrogen) atoms. The molecule has 11 heteroatoms. The van der Waals surface area contributed by atoms with Crippen LogP contribution in [0.4, 0.5) is 0 Å². The number of carbonyl (C=O) groups excluding carboxylic acids is 2. The third-order valence-corrected chi connectivity index (χ3v) is 8.60. The lowest BCUT2D eigenvalue weighted by atomic mass is 9.99. The van der Waals surface area contributed by atoms with E-state index in [4.69, 9.17) is 18.9 Å². The minimum atomic E-state index is -1.86. The molecule has 0 saturated carbocycles. The molecule has 280 valence electrons. The molecule has 0 aromatic carbocycles. The first-order valence-corrected chi connectivity index (χ1v) is 18.7. The largest absolute Gasteiger partial charge is 0.479 e. The number of carboxylic acids is 1. The molecule has 0 aromatic heterocycles. The second kappa shape index (κ2) is 28.8. The standard InChI is InChI=1S/C37H66O11/c1-3-5-7-9-11-13-15-16-18-20-22-24-26-31(39)47-29(28-46-37-34(42)32(40)33(41)35(48-37)36(43)44)27-45-30(38)25-23-21-19-17-14-12-10-8-6-4-2/h8,10,29,32-35,37,40-42H,3-7,9,11-28H2,1-2H3,(H,43,44)/b10-8-. The number of carboxylic acid groups (broad SMARTS) is 1. The molecule has 6 atom stereocenters. The van der Waals surface area contributed by atoms with Gasteiger partial charge >= 0.3 is 17.9 Å². The fraction of sp³-hybridized carbons (Fsp3) is 0.865. The normalized spacial score (nSPS) is 21.7. The van der Waals surface area contributed by atoms with Crippen LogP contribution in [0.5, 0.6) is 0 Å². The van der Waals surface area contributed by atoms with E-state index in [0.29, 0.717) is 12.8 Å². The van der Waals surface area contributed by atoms with E-state index >= 15 is 0 Å². The highest BCUT2D eigenvalue weighted by molar-refractivity contribution is 5.73. The molecule has 0 aromatic rings. The van der Waals surface area contributed by atoms with Crippen LogP contribution in [-0.2, 0) is 33.3 Å². The maximum absolute atomic E-state index is 12.6. The van der Waals surface area contributed by atoms with Gasteiger partial charge in [-0.05, 0) is 32.1 Å². The average molecular weight is 687 g/mol. The smallest absolute Gasteiger partial charge is 0.335 e. The molecule has 1 aliphatic heterocycles. The van der Waals surface area contributed by atoms with Gasteiger partial charge in [-0.25, -0.2) is 4.79 Å². The van der Waals surface area contributed by atoms with Gasteiger partial charge in [0.25, 0.3) is 0 Å². The molecule has 0 spiro atoms. The Labute approximate surface area is 288 Å². The van der Waals surface area contributed by atoms with E-state index in [1.54, 1.807) is 0 Å². The molecule has 0 amide bonds. The van der Waals surface area contributed by atoms with Crippen molar-refractivity contribution in [2.24, 2.45) is 0 Å². The zero-order valence-corrected chi connectivity index (χ0v) is 29.7. The predicted molar refractivity (Wildman–Crippen MR) is 183 cm³/mol. The van der Waals surface area contributed by atoms with Crippen LogP contribution in [0.25, 0.3) is 0 Å². The van der Waals surface area contributed by atoms with Gasteiger partial charge in [0, 0.05) is 12.8 Å². The Balaban J connectivity index is 2.46. The Kier molecular flexibility index (Phi) is 26.3. The number of allylic oxidation sites excluding steroid dienone is 2. The number of rotatable bonds is 30. The highest BCUT2D eigenvalue weighted by atomic mass is 16.7. The van der Waals surface area contributed by atoms with Crippen LogP contribution in [0.15, 0.2) is 12.2 Å². The third kappa shape index (κ3) is 21.1. The molecule has 1 fully saturated rings. The van der Waals surface area contributed by atoms with Crippen LogP contribution in [0.3, 0.4) is 0 Å². The van der Waals surface area contributed by atoms with Crippen LogP contribution in [0.1, 0.15) is 155 Å². The number of aliphatic hydroxyl groups is 3. The molecule has 0 radical (unpaired) electrons. The van der Waals surface area contributed by atoms with Gasteiger partial charge in [0.15, 0.2) is 18.5 Å². The van der Waals surface area contributed by atoms with E-state index < -0.39 is 54.7 Å². The Morgan fingerprint density at radius 3 is 1.71 bits per heavy atom. The molecule has 6 unspecified atom stereocenters.